The summed E-state index contributed by atoms with van der Waals surface area (Å²) in [6, 6.07) is 12.0. The number of aromatic nitrogens is 4. The molecule has 0 atom stereocenters. The molecule has 3 aromatic rings. The highest BCUT2D eigenvalue weighted by atomic mass is 16.2. The van der Waals surface area contributed by atoms with Crippen LogP contribution in [0.1, 0.15) is 19.8 Å². The van der Waals surface area contributed by atoms with Gasteiger partial charge in [-0.2, -0.15) is 0 Å². The molecular formula is C23H29N7O. The second-order valence-corrected chi connectivity index (χ2v) is 8.65. The minimum absolute atomic E-state index is 0.128. The number of fused-ring (bicyclic) bond motifs is 1. The number of rotatable bonds is 4. The molecule has 162 valence electrons. The summed E-state index contributed by atoms with van der Waals surface area (Å²) in [7, 11) is 0. The highest BCUT2D eigenvalue weighted by Gasteiger charge is 2.23. The number of nitrogens with zero attached hydrogens (tertiary/aromatic N) is 7. The van der Waals surface area contributed by atoms with Crippen molar-refractivity contribution in [2.75, 3.05) is 49.1 Å². The first kappa shape index (κ1) is 19.8. The number of carbonyl (C=O) groups excluding carboxylic acids is 1. The van der Waals surface area contributed by atoms with Crippen molar-refractivity contribution in [1.82, 2.24) is 24.6 Å². The molecule has 2 aliphatic heterocycles. The van der Waals surface area contributed by atoms with E-state index in [0.29, 0.717) is 19.6 Å². The number of para-hydroxylation sites is 2. The number of imidazole rings is 1. The second-order valence-electron chi connectivity index (χ2n) is 8.65. The van der Waals surface area contributed by atoms with Gasteiger partial charge < -0.3 is 19.3 Å². The fourth-order valence-corrected chi connectivity index (χ4v) is 4.46. The smallest absolute Gasteiger partial charge is 0.242 e. The Bertz CT molecular complexity index is 1030. The molecule has 2 aromatic heterocycles. The summed E-state index contributed by atoms with van der Waals surface area (Å²) < 4.78 is 1.93. The van der Waals surface area contributed by atoms with E-state index in [1.54, 1.807) is 6.33 Å². The molecule has 8 heteroatoms. The number of anilines is 2. The van der Waals surface area contributed by atoms with Crippen molar-refractivity contribution < 1.29 is 4.79 Å². The predicted octanol–water partition coefficient (Wildman–Crippen LogP) is 2.41. The van der Waals surface area contributed by atoms with Crippen LogP contribution in [0.5, 0.6) is 0 Å². The Morgan fingerprint density at radius 3 is 2.23 bits per heavy atom. The van der Waals surface area contributed by atoms with Crippen LogP contribution in [0, 0.1) is 5.92 Å². The number of carbonyl (C=O) groups is 1. The molecule has 0 unspecified atom stereocenters. The lowest BCUT2D eigenvalue weighted by Crippen LogP contribution is -2.49. The van der Waals surface area contributed by atoms with Gasteiger partial charge in [0.2, 0.25) is 5.91 Å². The number of piperidine rings is 1. The summed E-state index contributed by atoms with van der Waals surface area (Å²) in [5.74, 6) is 2.79. The zero-order chi connectivity index (χ0) is 21.2. The third-order valence-corrected chi connectivity index (χ3v) is 6.53. The van der Waals surface area contributed by atoms with Gasteiger partial charge in [-0.15, -0.1) is 10.2 Å². The summed E-state index contributed by atoms with van der Waals surface area (Å²) in [5, 5.41) is 8.96. The standard InChI is InChI=1S/C23H29N7O/c1-18-8-10-27(11-9-18)21-6-7-22(26-25-21)28-12-14-29(15-13-28)23(31)16-30-17-24-19-4-2-3-5-20(19)30/h2-7,17-18H,8-16H2,1H3. The molecule has 8 nitrogen and oxygen atoms in total. The lowest BCUT2D eigenvalue weighted by molar-refractivity contribution is -0.132. The summed E-state index contributed by atoms with van der Waals surface area (Å²) in [6.45, 7) is 7.68. The molecule has 0 spiro atoms. The van der Waals surface area contributed by atoms with Crippen LogP contribution in [-0.4, -0.2) is 69.8 Å². The monoisotopic (exact) mass is 419 g/mol. The Morgan fingerprint density at radius 1 is 0.903 bits per heavy atom. The van der Waals surface area contributed by atoms with E-state index in [4.69, 9.17) is 0 Å². The van der Waals surface area contributed by atoms with Gasteiger partial charge in [0, 0.05) is 39.3 Å². The first-order valence-electron chi connectivity index (χ1n) is 11.2. The average Bonchev–Trinajstić information content (AvgIpc) is 3.23. The van der Waals surface area contributed by atoms with Gasteiger partial charge in [0.25, 0.3) is 0 Å². The molecule has 0 N–H and O–H groups in total. The maximum Gasteiger partial charge on any atom is 0.242 e. The second kappa shape index (κ2) is 8.53. The fraction of sp³-hybridized carbons (Fsp3) is 0.478. The minimum Gasteiger partial charge on any atom is -0.355 e. The summed E-state index contributed by atoms with van der Waals surface area (Å²) in [4.78, 5) is 23.7. The molecule has 2 fully saturated rings. The van der Waals surface area contributed by atoms with Crippen molar-refractivity contribution in [1.29, 1.82) is 0 Å². The van der Waals surface area contributed by atoms with Crippen molar-refractivity contribution in [2.24, 2.45) is 5.92 Å². The van der Waals surface area contributed by atoms with Crippen molar-refractivity contribution in [3.05, 3.63) is 42.7 Å². The Kier molecular flexibility index (Phi) is 5.44. The highest BCUT2D eigenvalue weighted by molar-refractivity contribution is 5.80. The van der Waals surface area contributed by atoms with Gasteiger partial charge in [0.05, 0.1) is 17.4 Å². The first-order chi connectivity index (χ1) is 15.2. The molecular weight excluding hydrogens is 390 g/mol. The predicted molar refractivity (Wildman–Crippen MR) is 121 cm³/mol. The molecule has 1 aromatic carbocycles. The SMILES string of the molecule is CC1CCN(c2ccc(N3CCN(C(=O)Cn4cnc5ccccc54)CC3)nn2)CC1. The van der Waals surface area contributed by atoms with E-state index in [1.165, 1.54) is 12.8 Å². The maximum absolute atomic E-state index is 12.8. The molecule has 31 heavy (non-hydrogen) atoms. The molecule has 2 aliphatic rings. The molecule has 0 saturated carbocycles. The van der Waals surface area contributed by atoms with E-state index < -0.39 is 0 Å². The van der Waals surface area contributed by atoms with Crippen molar-refractivity contribution >= 4 is 28.6 Å². The highest BCUT2D eigenvalue weighted by Crippen LogP contribution is 2.22. The van der Waals surface area contributed by atoms with E-state index in [0.717, 1.165) is 54.8 Å². The van der Waals surface area contributed by atoms with Crippen LogP contribution in [0.2, 0.25) is 0 Å². The molecule has 5 rings (SSSR count). The lowest BCUT2D eigenvalue weighted by atomic mass is 9.99. The molecule has 0 radical (unpaired) electrons. The zero-order valence-corrected chi connectivity index (χ0v) is 18.0. The van der Waals surface area contributed by atoms with Crippen LogP contribution in [0.15, 0.2) is 42.7 Å². The Morgan fingerprint density at radius 2 is 1.55 bits per heavy atom. The summed E-state index contributed by atoms with van der Waals surface area (Å²) in [5.41, 5.74) is 1.91. The molecule has 4 heterocycles. The van der Waals surface area contributed by atoms with E-state index in [-0.39, 0.29) is 5.91 Å². The largest absolute Gasteiger partial charge is 0.355 e. The van der Waals surface area contributed by atoms with Gasteiger partial charge in [0.15, 0.2) is 11.6 Å². The van der Waals surface area contributed by atoms with Crippen molar-refractivity contribution in [3.63, 3.8) is 0 Å². The van der Waals surface area contributed by atoms with Crippen molar-refractivity contribution in [2.45, 2.75) is 26.3 Å². The van der Waals surface area contributed by atoms with E-state index in [9.17, 15) is 4.79 Å². The molecule has 0 bridgehead atoms. The van der Waals surface area contributed by atoms with Crippen LogP contribution in [-0.2, 0) is 11.3 Å². The van der Waals surface area contributed by atoms with Gasteiger partial charge in [-0.05, 0) is 43.0 Å². The Labute approximate surface area is 182 Å². The lowest BCUT2D eigenvalue weighted by Gasteiger charge is -2.35. The topological polar surface area (TPSA) is 70.4 Å². The molecule has 0 aliphatic carbocycles. The number of hydrogen-bond donors (Lipinski definition) is 0. The molecule has 1 amide bonds. The molecule has 2 saturated heterocycles. The van der Waals surface area contributed by atoms with Gasteiger partial charge in [-0.1, -0.05) is 19.1 Å². The number of benzene rings is 1. The summed E-state index contributed by atoms with van der Waals surface area (Å²) in [6.07, 6.45) is 4.18. The number of hydrogen-bond acceptors (Lipinski definition) is 6. The van der Waals surface area contributed by atoms with E-state index in [1.807, 2.05) is 33.7 Å². The summed E-state index contributed by atoms with van der Waals surface area (Å²) >= 11 is 0. The maximum atomic E-state index is 12.8. The Balaban J connectivity index is 1.16. The van der Waals surface area contributed by atoms with Gasteiger partial charge >= 0.3 is 0 Å². The number of piperazine rings is 1. The fourth-order valence-electron chi connectivity index (χ4n) is 4.46. The Hall–Kier alpha value is -3.16. The van der Waals surface area contributed by atoms with Crippen LogP contribution in [0.3, 0.4) is 0 Å². The van der Waals surface area contributed by atoms with Gasteiger partial charge in [-0.3, -0.25) is 4.79 Å². The first-order valence-corrected chi connectivity index (χ1v) is 11.2. The van der Waals surface area contributed by atoms with Crippen LogP contribution < -0.4 is 9.80 Å². The normalized spacial score (nSPS) is 18.0. The van der Waals surface area contributed by atoms with Crippen LogP contribution in [0.4, 0.5) is 11.6 Å². The van der Waals surface area contributed by atoms with Crippen LogP contribution >= 0.6 is 0 Å². The quantitative estimate of drug-likeness (QED) is 0.647. The van der Waals surface area contributed by atoms with Crippen molar-refractivity contribution in [3.8, 4) is 0 Å². The zero-order valence-electron chi connectivity index (χ0n) is 18.0. The third-order valence-electron chi connectivity index (χ3n) is 6.53. The van der Waals surface area contributed by atoms with Gasteiger partial charge in [0.1, 0.15) is 6.54 Å². The van der Waals surface area contributed by atoms with E-state index in [2.05, 4.69) is 44.0 Å². The van der Waals surface area contributed by atoms with Crippen LogP contribution in [0.25, 0.3) is 11.0 Å². The number of amides is 1. The van der Waals surface area contributed by atoms with Gasteiger partial charge in [-0.25, -0.2) is 4.98 Å². The third kappa shape index (κ3) is 4.19. The van der Waals surface area contributed by atoms with E-state index >= 15 is 0 Å². The average molecular weight is 420 g/mol. The minimum atomic E-state index is 0.128.